The summed E-state index contributed by atoms with van der Waals surface area (Å²) in [5, 5.41) is 12.3. The first-order valence-corrected chi connectivity index (χ1v) is 13.2. The number of halogens is 1. The predicted molar refractivity (Wildman–Crippen MR) is 149 cm³/mol. The summed E-state index contributed by atoms with van der Waals surface area (Å²) in [7, 11) is 0. The highest BCUT2D eigenvalue weighted by atomic mass is 35.5. The fraction of sp³-hybridized carbons (Fsp3) is 0.138. The minimum absolute atomic E-state index is 0.0614. The third-order valence-corrected chi connectivity index (χ3v) is 7.62. The van der Waals surface area contributed by atoms with Gasteiger partial charge < -0.3 is 19.3 Å². The second kappa shape index (κ2) is 10.1. The topological polar surface area (TPSA) is 98.2 Å². The number of benzene rings is 3. The third-order valence-electron chi connectivity index (χ3n) is 6.37. The molecule has 1 N–H and O–H groups in total. The van der Waals surface area contributed by atoms with E-state index in [1.807, 2.05) is 0 Å². The number of hydrogen-bond donors (Lipinski definition) is 1. The lowest BCUT2D eigenvalue weighted by atomic mass is 9.95. The standard InChI is InChI=1S/C29H21ClN2O6S/c1-2-11-36-19-7-3-16(4-8-19)25-24(26(33)17-5-10-21-22(14-17)38-13-12-37-21)27(34)28(35)32(25)29-31-20-9-6-18(30)15-23(20)39-29/h2-10,14-15,25,33H,1,11-13H2/t25-/m1/s1. The Labute approximate surface area is 232 Å². The van der Waals surface area contributed by atoms with Gasteiger partial charge >= 0.3 is 5.91 Å². The van der Waals surface area contributed by atoms with Crippen molar-refractivity contribution >= 4 is 55.7 Å². The van der Waals surface area contributed by atoms with Gasteiger partial charge in [0.15, 0.2) is 16.6 Å². The lowest BCUT2D eigenvalue weighted by molar-refractivity contribution is -0.132. The van der Waals surface area contributed by atoms with Crippen LogP contribution in [0.3, 0.4) is 0 Å². The molecular formula is C29H21ClN2O6S. The van der Waals surface area contributed by atoms with Crippen LogP contribution in [0.5, 0.6) is 17.2 Å². The Morgan fingerprint density at radius 1 is 1.10 bits per heavy atom. The van der Waals surface area contributed by atoms with Crippen LogP contribution in [0.2, 0.25) is 5.02 Å². The number of thiazole rings is 1. The maximum absolute atomic E-state index is 13.5. The van der Waals surface area contributed by atoms with Crippen molar-refractivity contribution in [1.82, 2.24) is 4.98 Å². The van der Waals surface area contributed by atoms with Crippen molar-refractivity contribution < 1.29 is 28.9 Å². The molecule has 8 nitrogen and oxygen atoms in total. The van der Waals surface area contributed by atoms with E-state index in [0.29, 0.717) is 63.9 Å². The van der Waals surface area contributed by atoms with Crippen LogP contribution in [-0.4, -0.2) is 41.6 Å². The maximum Gasteiger partial charge on any atom is 0.301 e. The first kappa shape index (κ1) is 25.0. The highest BCUT2D eigenvalue weighted by Crippen LogP contribution is 2.45. The highest BCUT2D eigenvalue weighted by Gasteiger charge is 2.48. The van der Waals surface area contributed by atoms with Crippen LogP contribution in [0.25, 0.3) is 16.0 Å². The zero-order valence-corrected chi connectivity index (χ0v) is 22.0. The van der Waals surface area contributed by atoms with Crippen LogP contribution >= 0.6 is 22.9 Å². The van der Waals surface area contributed by atoms with Gasteiger partial charge in [0.05, 0.1) is 21.8 Å². The second-order valence-electron chi connectivity index (χ2n) is 8.80. The molecular weight excluding hydrogens is 540 g/mol. The minimum Gasteiger partial charge on any atom is -0.507 e. The van der Waals surface area contributed by atoms with Gasteiger partial charge in [-0.3, -0.25) is 14.5 Å². The average Bonchev–Trinajstić information content (AvgIpc) is 3.48. The number of ketones is 1. The molecule has 2 aliphatic rings. The fourth-order valence-electron chi connectivity index (χ4n) is 4.58. The highest BCUT2D eigenvalue weighted by molar-refractivity contribution is 7.22. The summed E-state index contributed by atoms with van der Waals surface area (Å²) in [5.41, 5.74) is 1.49. The van der Waals surface area contributed by atoms with Crippen LogP contribution in [0.4, 0.5) is 5.13 Å². The first-order valence-electron chi connectivity index (χ1n) is 12.1. The normalized spacial score (nSPS) is 18.0. The van der Waals surface area contributed by atoms with Crippen molar-refractivity contribution in [3.05, 3.63) is 95.0 Å². The molecule has 1 atom stereocenters. The van der Waals surface area contributed by atoms with E-state index in [1.165, 1.54) is 16.2 Å². The monoisotopic (exact) mass is 560 g/mol. The van der Waals surface area contributed by atoms with Gasteiger partial charge in [0.25, 0.3) is 5.78 Å². The van der Waals surface area contributed by atoms with E-state index in [0.717, 1.165) is 4.70 Å². The van der Waals surface area contributed by atoms with Crippen LogP contribution < -0.4 is 19.1 Å². The molecule has 3 aromatic carbocycles. The zero-order valence-electron chi connectivity index (χ0n) is 20.4. The lowest BCUT2D eigenvalue weighted by Crippen LogP contribution is -2.29. The van der Waals surface area contributed by atoms with E-state index >= 15 is 0 Å². The number of aliphatic hydroxyl groups is 1. The SMILES string of the molecule is C=CCOc1ccc([C@@H]2C(=C(O)c3ccc4c(c3)OCCO4)C(=O)C(=O)N2c2nc3ccc(Cl)cc3s2)cc1. The second-order valence-corrected chi connectivity index (χ2v) is 10.3. The van der Waals surface area contributed by atoms with Crippen molar-refractivity contribution in [3.8, 4) is 17.2 Å². The Morgan fingerprint density at radius 3 is 2.64 bits per heavy atom. The molecule has 2 aliphatic heterocycles. The molecule has 1 amide bonds. The molecule has 6 rings (SSSR count). The molecule has 0 radical (unpaired) electrons. The third kappa shape index (κ3) is 4.49. The number of anilines is 1. The molecule has 196 valence electrons. The van der Waals surface area contributed by atoms with Gasteiger partial charge in [-0.25, -0.2) is 4.98 Å². The van der Waals surface area contributed by atoms with Gasteiger partial charge in [-0.15, -0.1) is 0 Å². The van der Waals surface area contributed by atoms with E-state index in [1.54, 1.807) is 66.7 Å². The Bertz CT molecular complexity index is 1660. The number of aromatic nitrogens is 1. The smallest absolute Gasteiger partial charge is 0.301 e. The van der Waals surface area contributed by atoms with Gasteiger partial charge in [0, 0.05) is 10.6 Å². The van der Waals surface area contributed by atoms with Crippen molar-refractivity contribution in [2.24, 2.45) is 0 Å². The van der Waals surface area contributed by atoms with Gasteiger partial charge in [-0.2, -0.15) is 0 Å². The summed E-state index contributed by atoms with van der Waals surface area (Å²) in [4.78, 5) is 33.0. The van der Waals surface area contributed by atoms with E-state index in [2.05, 4.69) is 11.6 Å². The molecule has 0 bridgehead atoms. The number of carbonyl (C=O) groups is 2. The van der Waals surface area contributed by atoms with Crippen molar-refractivity contribution in [2.75, 3.05) is 24.7 Å². The molecule has 39 heavy (non-hydrogen) atoms. The van der Waals surface area contributed by atoms with Gasteiger partial charge in [0.2, 0.25) is 0 Å². The van der Waals surface area contributed by atoms with Crippen LogP contribution in [0.15, 0.2) is 78.9 Å². The number of aliphatic hydroxyl groups excluding tert-OH is 1. The Hall–Kier alpha value is -4.34. The van der Waals surface area contributed by atoms with Gasteiger partial charge in [-0.1, -0.05) is 47.7 Å². The van der Waals surface area contributed by atoms with Crippen molar-refractivity contribution in [3.63, 3.8) is 0 Å². The minimum atomic E-state index is -0.942. The average molecular weight is 561 g/mol. The van der Waals surface area contributed by atoms with E-state index in [-0.39, 0.29) is 11.3 Å². The number of carbonyl (C=O) groups excluding carboxylic acids is 2. The Morgan fingerprint density at radius 2 is 1.87 bits per heavy atom. The first-order chi connectivity index (χ1) is 18.9. The van der Waals surface area contributed by atoms with Gasteiger partial charge in [-0.05, 0) is 54.1 Å². The summed E-state index contributed by atoms with van der Waals surface area (Å²) >= 11 is 7.40. The molecule has 1 saturated heterocycles. The molecule has 0 aliphatic carbocycles. The summed E-state index contributed by atoms with van der Waals surface area (Å²) in [6.45, 7) is 4.77. The van der Waals surface area contributed by atoms with Crippen LogP contribution in [0.1, 0.15) is 17.2 Å². The largest absolute Gasteiger partial charge is 0.507 e. The van der Waals surface area contributed by atoms with Crippen LogP contribution in [0, 0.1) is 0 Å². The number of nitrogens with zero attached hydrogens (tertiary/aromatic N) is 2. The van der Waals surface area contributed by atoms with Crippen molar-refractivity contribution in [2.45, 2.75) is 6.04 Å². The molecule has 1 fully saturated rings. The maximum atomic E-state index is 13.5. The molecule has 0 saturated carbocycles. The number of fused-ring (bicyclic) bond motifs is 2. The quantitative estimate of drug-likeness (QED) is 0.135. The molecule has 0 unspecified atom stereocenters. The summed E-state index contributed by atoms with van der Waals surface area (Å²) in [6.07, 6.45) is 1.63. The number of rotatable bonds is 6. The Kier molecular flexibility index (Phi) is 6.46. The predicted octanol–water partition coefficient (Wildman–Crippen LogP) is 5.91. The molecule has 3 heterocycles. The van der Waals surface area contributed by atoms with Crippen LogP contribution in [-0.2, 0) is 9.59 Å². The van der Waals surface area contributed by atoms with E-state index in [4.69, 9.17) is 25.8 Å². The lowest BCUT2D eigenvalue weighted by Gasteiger charge is -2.23. The van der Waals surface area contributed by atoms with Crippen molar-refractivity contribution in [1.29, 1.82) is 0 Å². The fourth-order valence-corrected chi connectivity index (χ4v) is 5.85. The molecule has 10 heteroatoms. The number of hydrogen-bond acceptors (Lipinski definition) is 8. The number of Topliss-reactive ketones (excluding diaryl/α,β-unsaturated/α-hetero) is 1. The molecule has 0 spiro atoms. The van der Waals surface area contributed by atoms with Gasteiger partial charge in [0.1, 0.15) is 31.3 Å². The Balaban J connectivity index is 1.50. The summed E-state index contributed by atoms with van der Waals surface area (Å²) in [5.74, 6) is -0.361. The molecule has 1 aromatic heterocycles. The number of ether oxygens (including phenoxy) is 3. The summed E-state index contributed by atoms with van der Waals surface area (Å²) in [6, 6.07) is 16.1. The van der Waals surface area contributed by atoms with E-state index in [9.17, 15) is 14.7 Å². The zero-order chi connectivity index (χ0) is 27.1. The number of amides is 1. The summed E-state index contributed by atoms with van der Waals surface area (Å²) < 4.78 is 17.6. The molecule has 4 aromatic rings. The van der Waals surface area contributed by atoms with E-state index < -0.39 is 17.7 Å².